The highest BCUT2D eigenvalue weighted by atomic mass is 16.5. The number of methoxy groups -OCH3 is 1. The Hall–Kier alpha value is -1.77. The van der Waals surface area contributed by atoms with Crippen LogP contribution in [-0.2, 0) is 0 Å². The normalized spacial score (nSPS) is 10.6. The SMILES string of the molecule is COc1ccc2c(C)c(N)c(C)cc2n1. The molecule has 3 nitrogen and oxygen atoms in total. The van der Waals surface area contributed by atoms with Gasteiger partial charge in [0.2, 0.25) is 5.88 Å². The van der Waals surface area contributed by atoms with Crippen LogP contribution >= 0.6 is 0 Å². The van der Waals surface area contributed by atoms with E-state index >= 15 is 0 Å². The summed E-state index contributed by atoms with van der Waals surface area (Å²) in [5.41, 5.74) is 9.87. The number of ether oxygens (including phenoxy) is 1. The zero-order valence-corrected chi connectivity index (χ0v) is 9.16. The molecular weight excluding hydrogens is 188 g/mol. The summed E-state index contributed by atoms with van der Waals surface area (Å²) in [6.07, 6.45) is 0. The zero-order valence-electron chi connectivity index (χ0n) is 9.16. The standard InChI is InChI=1S/C12H14N2O/c1-7-6-10-9(8(2)12(7)13)4-5-11(14-10)15-3/h4-6H,13H2,1-3H3. The summed E-state index contributed by atoms with van der Waals surface area (Å²) in [6.45, 7) is 4.00. The highest BCUT2D eigenvalue weighted by molar-refractivity contribution is 5.88. The van der Waals surface area contributed by atoms with Gasteiger partial charge in [-0.15, -0.1) is 0 Å². The Bertz CT molecular complexity index is 521. The molecule has 0 amide bonds. The lowest BCUT2D eigenvalue weighted by Crippen LogP contribution is -1.96. The predicted octanol–water partition coefficient (Wildman–Crippen LogP) is 2.44. The Kier molecular flexibility index (Phi) is 2.23. The molecule has 0 atom stereocenters. The highest BCUT2D eigenvalue weighted by Gasteiger charge is 2.06. The Morgan fingerprint density at radius 1 is 1.27 bits per heavy atom. The maximum atomic E-state index is 5.96. The van der Waals surface area contributed by atoms with E-state index in [1.54, 1.807) is 7.11 Å². The van der Waals surface area contributed by atoms with Gasteiger partial charge in [0.15, 0.2) is 0 Å². The summed E-state index contributed by atoms with van der Waals surface area (Å²) in [4.78, 5) is 4.38. The number of aromatic nitrogens is 1. The summed E-state index contributed by atoms with van der Waals surface area (Å²) in [5, 5.41) is 1.08. The average molecular weight is 202 g/mol. The van der Waals surface area contributed by atoms with Gasteiger partial charge in [-0.3, -0.25) is 0 Å². The van der Waals surface area contributed by atoms with Crippen LogP contribution in [0.25, 0.3) is 10.9 Å². The Morgan fingerprint density at radius 3 is 2.67 bits per heavy atom. The number of rotatable bonds is 1. The van der Waals surface area contributed by atoms with Crippen molar-refractivity contribution in [3.63, 3.8) is 0 Å². The highest BCUT2D eigenvalue weighted by Crippen LogP contribution is 2.27. The minimum atomic E-state index is 0.631. The Labute approximate surface area is 88.9 Å². The van der Waals surface area contributed by atoms with E-state index in [0.717, 1.165) is 27.7 Å². The van der Waals surface area contributed by atoms with Crippen LogP contribution < -0.4 is 10.5 Å². The van der Waals surface area contributed by atoms with Crippen LogP contribution in [0.1, 0.15) is 11.1 Å². The van der Waals surface area contributed by atoms with E-state index in [0.29, 0.717) is 5.88 Å². The van der Waals surface area contributed by atoms with Crippen LogP contribution in [-0.4, -0.2) is 12.1 Å². The first kappa shape index (κ1) is 9.77. The number of benzene rings is 1. The number of hydrogen-bond acceptors (Lipinski definition) is 3. The van der Waals surface area contributed by atoms with Gasteiger partial charge in [-0.05, 0) is 37.1 Å². The van der Waals surface area contributed by atoms with Crippen LogP contribution in [0.5, 0.6) is 5.88 Å². The Morgan fingerprint density at radius 2 is 2.00 bits per heavy atom. The molecular formula is C12H14N2O. The van der Waals surface area contributed by atoms with Crippen molar-refractivity contribution in [3.05, 3.63) is 29.3 Å². The van der Waals surface area contributed by atoms with Gasteiger partial charge in [-0.1, -0.05) is 0 Å². The lowest BCUT2D eigenvalue weighted by Gasteiger charge is -2.09. The lowest BCUT2D eigenvalue weighted by molar-refractivity contribution is 0.399. The van der Waals surface area contributed by atoms with Crippen LogP contribution in [0.2, 0.25) is 0 Å². The van der Waals surface area contributed by atoms with Gasteiger partial charge in [-0.25, -0.2) is 4.98 Å². The molecule has 1 heterocycles. The van der Waals surface area contributed by atoms with E-state index in [9.17, 15) is 0 Å². The smallest absolute Gasteiger partial charge is 0.213 e. The lowest BCUT2D eigenvalue weighted by atomic mass is 10.0. The first-order valence-corrected chi connectivity index (χ1v) is 4.84. The first-order valence-electron chi connectivity index (χ1n) is 4.84. The number of nitrogens with zero attached hydrogens (tertiary/aromatic N) is 1. The van der Waals surface area contributed by atoms with Gasteiger partial charge < -0.3 is 10.5 Å². The molecule has 0 aliphatic heterocycles. The van der Waals surface area contributed by atoms with Crippen molar-refractivity contribution in [2.75, 3.05) is 12.8 Å². The molecule has 2 aromatic rings. The molecule has 2 N–H and O–H groups in total. The third kappa shape index (κ3) is 1.50. The third-order valence-corrected chi connectivity index (χ3v) is 2.69. The summed E-state index contributed by atoms with van der Waals surface area (Å²) >= 11 is 0. The maximum Gasteiger partial charge on any atom is 0.213 e. The molecule has 78 valence electrons. The molecule has 0 saturated carbocycles. The molecule has 1 aromatic carbocycles. The van der Waals surface area contributed by atoms with E-state index in [-0.39, 0.29) is 0 Å². The number of fused-ring (bicyclic) bond motifs is 1. The Balaban J connectivity index is 2.80. The van der Waals surface area contributed by atoms with Crippen molar-refractivity contribution >= 4 is 16.6 Å². The molecule has 0 spiro atoms. The number of nitrogens with two attached hydrogens (primary N) is 1. The van der Waals surface area contributed by atoms with Crippen LogP contribution in [0.4, 0.5) is 5.69 Å². The fourth-order valence-corrected chi connectivity index (χ4v) is 1.72. The van der Waals surface area contributed by atoms with Crippen LogP contribution in [0.3, 0.4) is 0 Å². The molecule has 1 aromatic heterocycles. The number of nitrogen functional groups attached to an aromatic ring is 1. The maximum absolute atomic E-state index is 5.96. The molecule has 0 aliphatic rings. The second kappa shape index (κ2) is 3.42. The van der Waals surface area contributed by atoms with Crippen molar-refractivity contribution in [2.45, 2.75) is 13.8 Å². The minimum Gasteiger partial charge on any atom is -0.481 e. The minimum absolute atomic E-state index is 0.631. The van der Waals surface area contributed by atoms with Crippen molar-refractivity contribution in [1.82, 2.24) is 4.98 Å². The predicted molar refractivity (Wildman–Crippen MR) is 62.2 cm³/mol. The second-order valence-electron chi connectivity index (χ2n) is 3.65. The number of hydrogen-bond donors (Lipinski definition) is 1. The molecule has 2 rings (SSSR count). The summed E-state index contributed by atoms with van der Waals surface area (Å²) in [7, 11) is 1.62. The first-order chi connectivity index (χ1) is 7.13. The topological polar surface area (TPSA) is 48.1 Å². The monoisotopic (exact) mass is 202 g/mol. The van der Waals surface area contributed by atoms with Crippen molar-refractivity contribution < 1.29 is 4.74 Å². The van der Waals surface area contributed by atoms with E-state index in [4.69, 9.17) is 10.5 Å². The van der Waals surface area contributed by atoms with Gasteiger partial charge in [0.25, 0.3) is 0 Å². The van der Waals surface area contributed by atoms with Gasteiger partial charge in [-0.2, -0.15) is 0 Å². The summed E-state index contributed by atoms with van der Waals surface area (Å²) in [5.74, 6) is 0.631. The molecule has 0 bridgehead atoms. The largest absolute Gasteiger partial charge is 0.481 e. The zero-order chi connectivity index (χ0) is 11.0. The van der Waals surface area contributed by atoms with Gasteiger partial charge in [0.1, 0.15) is 0 Å². The van der Waals surface area contributed by atoms with E-state index in [2.05, 4.69) is 4.98 Å². The van der Waals surface area contributed by atoms with Crippen molar-refractivity contribution in [3.8, 4) is 5.88 Å². The number of aryl methyl sites for hydroxylation is 2. The molecule has 0 unspecified atom stereocenters. The van der Waals surface area contributed by atoms with Crippen LogP contribution in [0.15, 0.2) is 18.2 Å². The fourth-order valence-electron chi connectivity index (χ4n) is 1.72. The fraction of sp³-hybridized carbons (Fsp3) is 0.250. The average Bonchev–Trinajstić information content (AvgIpc) is 2.25. The molecule has 0 saturated heterocycles. The van der Waals surface area contributed by atoms with E-state index in [1.807, 2.05) is 32.0 Å². The van der Waals surface area contributed by atoms with Gasteiger partial charge in [0, 0.05) is 17.1 Å². The number of pyridine rings is 1. The van der Waals surface area contributed by atoms with Crippen LogP contribution in [0, 0.1) is 13.8 Å². The third-order valence-electron chi connectivity index (χ3n) is 2.69. The molecule has 15 heavy (non-hydrogen) atoms. The summed E-state index contributed by atoms with van der Waals surface area (Å²) in [6, 6.07) is 5.83. The second-order valence-corrected chi connectivity index (χ2v) is 3.65. The molecule has 0 fully saturated rings. The quantitative estimate of drug-likeness (QED) is 0.722. The molecule has 3 heteroatoms. The molecule has 0 aliphatic carbocycles. The number of anilines is 1. The van der Waals surface area contributed by atoms with E-state index < -0.39 is 0 Å². The van der Waals surface area contributed by atoms with E-state index in [1.165, 1.54) is 0 Å². The molecule has 0 radical (unpaired) electrons. The summed E-state index contributed by atoms with van der Waals surface area (Å²) < 4.78 is 5.09. The van der Waals surface area contributed by atoms with Gasteiger partial charge in [0.05, 0.1) is 12.6 Å². The van der Waals surface area contributed by atoms with Crippen molar-refractivity contribution in [1.29, 1.82) is 0 Å². The van der Waals surface area contributed by atoms with Gasteiger partial charge >= 0.3 is 0 Å². The van der Waals surface area contributed by atoms with Crippen molar-refractivity contribution in [2.24, 2.45) is 0 Å².